The number of nitrogens with zero attached hydrogens (tertiary/aromatic N) is 1. The van der Waals surface area contributed by atoms with Gasteiger partial charge in [-0.15, -0.1) is 24.0 Å². The maximum Gasteiger partial charge on any atom is 0.231 e. The first kappa shape index (κ1) is 15.2. The first-order chi connectivity index (χ1) is 9.35. The van der Waals surface area contributed by atoms with Gasteiger partial charge in [0.25, 0.3) is 0 Å². The minimum absolute atomic E-state index is 0. The zero-order valence-corrected chi connectivity index (χ0v) is 13.8. The largest absolute Gasteiger partial charge is 0.454 e. The van der Waals surface area contributed by atoms with E-state index in [4.69, 9.17) is 9.47 Å². The Labute approximate surface area is 136 Å². The van der Waals surface area contributed by atoms with Gasteiger partial charge in [-0.05, 0) is 37.0 Å². The van der Waals surface area contributed by atoms with Crippen LogP contribution in [0.2, 0.25) is 0 Å². The van der Waals surface area contributed by atoms with E-state index in [1.54, 1.807) is 7.05 Å². The quantitative estimate of drug-likeness (QED) is 0.469. The number of guanidine groups is 1. The van der Waals surface area contributed by atoms with Crippen molar-refractivity contribution in [3.8, 4) is 11.5 Å². The molecule has 1 aliphatic heterocycles. The fourth-order valence-electron chi connectivity index (χ4n) is 2.04. The van der Waals surface area contributed by atoms with Crippen molar-refractivity contribution in [2.45, 2.75) is 25.3 Å². The minimum atomic E-state index is 0. The smallest absolute Gasteiger partial charge is 0.231 e. The highest BCUT2D eigenvalue weighted by Crippen LogP contribution is 2.32. The molecule has 3 rings (SSSR count). The van der Waals surface area contributed by atoms with E-state index in [1.165, 1.54) is 18.4 Å². The molecule has 6 heteroatoms. The van der Waals surface area contributed by atoms with Gasteiger partial charge in [0.15, 0.2) is 17.5 Å². The van der Waals surface area contributed by atoms with Crippen molar-refractivity contribution < 1.29 is 9.47 Å². The number of aliphatic imine (C=N–C) groups is 1. The number of ether oxygens (including phenoxy) is 2. The van der Waals surface area contributed by atoms with E-state index in [0.717, 1.165) is 30.4 Å². The summed E-state index contributed by atoms with van der Waals surface area (Å²) in [6.07, 6.45) is 3.44. The van der Waals surface area contributed by atoms with Crippen LogP contribution in [-0.2, 0) is 6.42 Å². The zero-order valence-electron chi connectivity index (χ0n) is 11.5. The molecule has 5 nitrogen and oxygen atoms in total. The molecule has 20 heavy (non-hydrogen) atoms. The number of fused-ring (bicyclic) bond motifs is 1. The van der Waals surface area contributed by atoms with Crippen LogP contribution < -0.4 is 20.1 Å². The van der Waals surface area contributed by atoms with Gasteiger partial charge in [-0.1, -0.05) is 6.07 Å². The highest BCUT2D eigenvalue weighted by atomic mass is 127. The molecule has 0 saturated heterocycles. The molecule has 2 aliphatic rings. The highest BCUT2D eigenvalue weighted by Gasteiger charge is 2.21. The van der Waals surface area contributed by atoms with E-state index in [1.807, 2.05) is 12.1 Å². The summed E-state index contributed by atoms with van der Waals surface area (Å²) < 4.78 is 10.7. The summed E-state index contributed by atoms with van der Waals surface area (Å²) in [5.74, 6) is 2.57. The van der Waals surface area contributed by atoms with Gasteiger partial charge in [-0.3, -0.25) is 4.99 Å². The minimum Gasteiger partial charge on any atom is -0.454 e. The molecule has 1 aromatic rings. The normalized spacial score (nSPS) is 16.6. The predicted octanol–water partition coefficient (Wildman–Crippen LogP) is 1.90. The Kier molecular flexibility index (Phi) is 5.33. The molecule has 110 valence electrons. The average molecular weight is 389 g/mol. The Morgan fingerprint density at radius 1 is 1.30 bits per heavy atom. The molecule has 2 N–H and O–H groups in total. The molecule has 0 atom stereocenters. The first-order valence-electron chi connectivity index (χ1n) is 6.71. The molecule has 0 spiro atoms. The molecule has 1 aromatic carbocycles. The second-order valence-corrected chi connectivity index (χ2v) is 4.86. The van der Waals surface area contributed by atoms with Crippen LogP contribution in [0.25, 0.3) is 0 Å². The van der Waals surface area contributed by atoms with E-state index < -0.39 is 0 Å². The molecule has 1 fully saturated rings. The van der Waals surface area contributed by atoms with Gasteiger partial charge >= 0.3 is 0 Å². The van der Waals surface area contributed by atoms with Crippen molar-refractivity contribution >= 4 is 29.9 Å². The van der Waals surface area contributed by atoms with Crippen LogP contribution >= 0.6 is 24.0 Å². The second-order valence-electron chi connectivity index (χ2n) is 4.86. The molecule has 0 radical (unpaired) electrons. The van der Waals surface area contributed by atoms with Crippen molar-refractivity contribution in [3.63, 3.8) is 0 Å². The standard InChI is InChI=1S/C14H19N3O2.HI/c1-15-14(17-11-3-4-11)16-7-6-10-2-5-12-13(8-10)19-9-18-12;/h2,5,8,11H,3-4,6-7,9H2,1H3,(H2,15,16,17);1H. The van der Waals surface area contributed by atoms with E-state index in [9.17, 15) is 0 Å². The van der Waals surface area contributed by atoms with E-state index in [0.29, 0.717) is 12.8 Å². The fourth-order valence-corrected chi connectivity index (χ4v) is 2.04. The Morgan fingerprint density at radius 2 is 2.10 bits per heavy atom. The molecular formula is C14H20IN3O2. The summed E-state index contributed by atoms with van der Waals surface area (Å²) in [6, 6.07) is 6.71. The topological polar surface area (TPSA) is 54.9 Å². The van der Waals surface area contributed by atoms with Crippen molar-refractivity contribution in [2.24, 2.45) is 4.99 Å². The lowest BCUT2D eigenvalue weighted by Crippen LogP contribution is -2.39. The van der Waals surface area contributed by atoms with Gasteiger partial charge in [0.1, 0.15) is 0 Å². The number of halogens is 1. The Morgan fingerprint density at radius 3 is 2.85 bits per heavy atom. The number of hydrogen-bond acceptors (Lipinski definition) is 3. The molecule has 0 unspecified atom stereocenters. The van der Waals surface area contributed by atoms with Crippen molar-refractivity contribution in [1.82, 2.24) is 10.6 Å². The fraction of sp³-hybridized carbons (Fsp3) is 0.500. The number of rotatable bonds is 4. The molecule has 1 saturated carbocycles. The SMILES string of the molecule is CN=C(NCCc1ccc2c(c1)OCO2)NC1CC1.I. The van der Waals surface area contributed by atoms with Gasteiger partial charge in [0, 0.05) is 19.6 Å². The molecule has 0 bridgehead atoms. The lowest BCUT2D eigenvalue weighted by Gasteiger charge is -2.11. The summed E-state index contributed by atoms with van der Waals surface area (Å²) in [5, 5.41) is 6.69. The average Bonchev–Trinajstić information content (AvgIpc) is 3.12. The van der Waals surface area contributed by atoms with Gasteiger partial charge in [-0.2, -0.15) is 0 Å². The summed E-state index contributed by atoms with van der Waals surface area (Å²) in [4.78, 5) is 4.21. The van der Waals surface area contributed by atoms with Gasteiger partial charge < -0.3 is 20.1 Å². The van der Waals surface area contributed by atoms with Crippen LogP contribution in [-0.4, -0.2) is 32.4 Å². The molecule has 1 heterocycles. The van der Waals surface area contributed by atoms with Gasteiger partial charge in [-0.25, -0.2) is 0 Å². The van der Waals surface area contributed by atoms with Gasteiger partial charge in [0.2, 0.25) is 6.79 Å². The van der Waals surface area contributed by atoms with Crippen molar-refractivity contribution in [1.29, 1.82) is 0 Å². The van der Waals surface area contributed by atoms with Crippen LogP contribution in [0.3, 0.4) is 0 Å². The highest BCUT2D eigenvalue weighted by molar-refractivity contribution is 14.0. The zero-order chi connectivity index (χ0) is 13.1. The molecular weight excluding hydrogens is 369 g/mol. The number of benzene rings is 1. The monoisotopic (exact) mass is 389 g/mol. The van der Waals surface area contributed by atoms with Crippen LogP contribution in [0.1, 0.15) is 18.4 Å². The van der Waals surface area contributed by atoms with Crippen molar-refractivity contribution in [2.75, 3.05) is 20.4 Å². The Balaban J connectivity index is 0.00000147. The van der Waals surface area contributed by atoms with Crippen LogP contribution in [0, 0.1) is 0 Å². The molecule has 1 aliphatic carbocycles. The maximum absolute atomic E-state index is 5.37. The third-order valence-corrected chi connectivity index (χ3v) is 3.28. The Hall–Kier alpha value is -1.18. The summed E-state index contributed by atoms with van der Waals surface area (Å²) in [5.41, 5.74) is 1.23. The summed E-state index contributed by atoms with van der Waals surface area (Å²) in [6.45, 7) is 1.18. The van der Waals surface area contributed by atoms with Crippen LogP contribution in [0.4, 0.5) is 0 Å². The van der Waals surface area contributed by atoms with Crippen LogP contribution in [0.15, 0.2) is 23.2 Å². The van der Waals surface area contributed by atoms with E-state index in [2.05, 4.69) is 21.7 Å². The third-order valence-electron chi connectivity index (χ3n) is 3.28. The third kappa shape index (κ3) is 3.91. The van der Waals surface area contributed by atoms with Crippen LogP contribution in [0.5, 0.6) is 11.5 Å². The first-order valence-corrected chi connectivity index (χ1v) is 6.71. The maximum atomic E-state index is 5.37. The lowest BCUT2D eigenvalue weighted by molar-refractivity contribution is 0.174. The summed E-state index contributed by atoms with van der Waals surface area (Å²) >= 11 is 0. The van der Waals surface area contributed by atoms with Crippen molar-refractivity contribution in [3.05, 3.63) is 23.8 Å². The lowest BCUT2D eigenvalue weighted by atomic mass is 10.1. The summed E-state index contributed by atoms with van der Waals surface area (Å²) in [7, 11) is 1.80. The van der Waals surface area contributed by atoms with E-state index >= 15 is 0 Å². The number of hydrogen-bond donors (Lipinski definition) is 2. The molecule has 0 amide bonds. The van der Waals surface area contributed by atoms with Gasteiger partial charge in [0.05, 0.1) is 0 Å². The second kappa shape index (κ2) is 7.01. The molecule has 0 aromatic heterocycles. The number of nitrogens with one attached hydrogen (secondary N) is 2. The Bertz CT molecular complexity index is 489. The van der Waals surface area contributed by atoms with E-state index in [-0.39, 0.29) is 24.0 Å². The predicted molar refractivity (Wildman–Crippen MR) is 89.2 cm³/mol.